The maximum absolute atomic E-state index is 11.7. The molecular weight excluding hydrogens is 338 g/mol. The molecular formula is C18H19N3O3S. The summed E-state index contributed by atoms with van der Waals surface area (Å²) in [6.45, 7) is 3.90. The number of hydrogen-bond donors (Lipinski definition) is 0. The third-order valence-corrected chi connectivity index (χ3v) is 6.39. The Balaban J connectivity index is 1.64. The van der Waals surface area contributed by atoms with Gasteiger partial charge in [-0.25, -0.2) is 13.4 Å². The Morgan fingerprint density at radius 1 is 1.24 bits per heavy atom. The molecule has 3 aromatic rings. The van der Waals surface area contributed by atoms with E-state index in [0.717, 1.165) is 28.1 Å². The normalized spacial score (nSPS) is 20.0. The van der Waals surface area contributed by atoms with E-state index in [4.69, 9.17) is 4.42 Å². The molecule has 6 nitrogen and oxygen atoms in total. The van der Waals surface area contributed by atoms with E-state index < -0.39 is 9.84 Å². The standard InChI is InChI=1S/C18H19N3O3S/c1-12-15(7-8-18-19-16-5-3-4-6-17(16)24-18)13(2)21(20-12)14-9-10-25(22,23)11-14/h3-8,14H,9-11H2,1-2H3. The van der Waals surface area contributed by atoms with E-state index in [2.05, 4.69) is 10.1 Å². The first kappa shape index (κ1) is 16.1. The van der Waals surface area contributed by atoms with Gasteiger partial charge in [0.25, 0.3) is 0 Å². The van der Waals surface area contributed by atoms with E-state index in [-0.39, 0.29) is 17.5 Å². The fourth-order valence-electron chi connectivity index (χ4n) is 3.36. The summed E-state index contributed by atoms with van der Waals surface area (Å²) in [5, 5.41) is 4.56. The number of oxazole rings is 1. The van der Waals surface area contributed by atoms with Crippen LogP contribution in [0, 0.1) is 13.8 Å². The molecule has 0 N–H and O–H groups in total. The lowest BCUT2D eigenvalue weighted by Gasteiger charge is -2.10. The SMILES string of the molecule is Cc1nn(C2CCS(=O)(=O)C2)c(C)c1C=Cc1nc2ccccc2o1. The van der Waals surface area contributed by atoms with Crippen LogP contribution >= 0.6 is 0 Å². The van der Waals surface area contributed by atoms with Gasteiger partial charge in [-0.05, 0) is 38.5 Å². The predicted molar refractivity (Wildman–Crippen MR) is 96.9 cm³/mol. The van der Waals surface area contributed by atoms with Gasteiger partial charge in [0.15, 0.2) is 15.4 Å². The molecule has 0 spiro atoms. The Hall–Kier alpha value is -2.41. The summed E-state index contributed by atoms with van der Waals surface area (Å²) in [6, 6.07) is 7.55. The van der Waals surface area contributed by atoms with Crippen molar-refractivity contribution in [1.82, 2.24) is 14.8 Å². The molecule has 7 heteroatoms. The van der Waals surface area contributed by atoms with Gasteiger partial charge in [0.1, 0.15) is 5.52 Å². The van der Waals surface area contributed by atoms with Gasteiger partial charge in [-0.1, -0.05) is 12.1 Å². The Morgan fingerprint density at radius 2 is 2.04 bits per heavy atom. The number of para-hydroxylation sites is 2. The first-order chi connectivity index (χ1) is 11.9. The summed E-state index contributed by atoms with van der Waals surface area (Å²) in [5.74, 6) is 0.948. The number of sulfone groups is 1. The monoisotopic (exact) mass is 357 g/mol. The van der Waals surface area contributed by atoms with Crippen LogP contribution in [0.15, 0.2) is 28.7 Å². The number of fused-ring (bicyclic) bond motifs is 1. The second kappa shape index (κ2) is 5.84. The lowest BCUT2D eigenvalue weighted by molar-refractivity contribution is 0.486. The molecule has 25 heavy (non-hydrogen) atoms. The molecule has 1 aliphatic rings. The topological polar surface area (TPSA) is 78.0 Å². The maximum Gasteiger partial charge on any atom is 0.220 e. The molecule has 0 saturated carbocycles. The van der Waals surface area contributed by atoms with Gasteiger partial charge >= 0.3 is 0 Å². The van der Waals surface area contributed by atoms with Gasteiger partial charge in [-0.2, -0.15) is 5.10 Å². The average Bonchev–Trinajstić information content (AvgIpc) is 3.21. The summed E-state index contributed by atoms with van der Waals surface area (Å²) in [4.78, 5) is 4.43. The molecule has 0 bridgehead atoms. The molecule has 1 fully saturated rings. The second-order valence-electron chi connectivity index (χ2n) is 6.44. The zero-order valence-electron chi connectivity index (χ0n) is 14.1. The van der Waals surface area contributed by atoms with Crippen LogP contribution in [-0.2, 0) is 9.84 Å². The van der Waals surface area contributed by atoms with Crippen LogP contribution in [0.2, 0.25) is 0 Å². The van der Waals surface area contributed by atoms with Crippen LogP contribution in [-0.4, -0.2) is 34.7 Å². The molecule has 0 amide bonds. The average molecular weight is 357 g/mol. The summed E-state index contributed by atoms with van der Waals surface area (Å²) in [7, 11) is -2.94. The molecule has 1 aliphatic heterocycles. The molecule has 4 rings (SSSR count). The molecule has 1 atom stereocenters. The van der Waals surface area contributed by atoms with Crippen molar-refractivity contribution in [2.75, 3.05) is 11.5 Å². The first-order valence-corrected chi connectivity index (χ1v) is 10.0. The second-order valence-corrected chi connectivity index (χ2v) is 8.67. The summed E-state index contributed by atoms with van der Waals surface area (Å²) in [5.41, 5.74) is 4.39. The van der Waals surface area contributed by atoms with E-state index in [1.165, 1.54) is 0 Å². The Kier molecular flexibility index (Phi) is 3.76. The van der Waals surface area contributed by atoms with Gasteiger partial charge in [0.05, 0.1) is 23.2 Å². The highest BCUT2D eigenvalue weighted by molar-refractivity contribution is 7.91. The van der Waals surface area contributed by atoms with Gasteiger partial charge in [0.2, 0.25) is 5.89 Å². The van der Waals surface area contributed by atoms with Crippen LogP contribution in [0.3, 0.4) is 0 Å². The van der Waals surface area contributed by atoms with Crippen molar-refractivity contribution in [3.8, 4) is 0 Å². The van der Waals surface area contributed by atoms with Crippen molar-refractivity contribution in [2.24, 2.45) is 0 Å². The van der Waals surface area contributed by atoms with Crippen LogP contribution in [0.4, 0.5) is 0 Å². The molecule has 130 valence electrons. The lowest BCUT2D eigenvalue weighted by atomic mass is 10.1. The van der Waals surface area contributed by atoms with Crippen LogP contribution < -0.4 is 0 Å². The quantitative estimate of drug-likeness (QED) is 0.719. The van der Waals surface area contributed by atoms with E-state index in [1.54, 1.807) is 0 Å². The largest absolute Gasteiger partial charge is 0.437 e. The minimum atomic E-state index is -2.94. The van der Waals surface area contributed by atoms with Gasteiger partial charge in [0, 0.05) is 17.3 Å². The summed E-state index contributed by atoms with van der Waals surface area (Å²) in [6.07, 6.45) is 4.38. The van der Waals surface area contributed by atoms with Crippen LogP contribution in [0.5, 0.6) is 0 Å². The molecule has 2 aromatic heterocycles. The van der Waals surface area contributed by atoms with Crippen molar-refractivity contribution in [2.45, 2.75) is 26.3 Å². The van der Waals surface area contributed by atoms with Crippen molar-refractivity contribution in [3.05, 3.63) is 47.1 Å². The third kappa shape index (κ3) is 3.00. The smallest absolute Gasteiger partial charge is 0.220 e. The number of hydrogen-bond acceptors (Lipinski definition) is 5. The van der Waals surface area contributed by atoms with Crippen LogP contribution in [0.25, 0.3) is 23.3 Å². The van der Waals surface area contributed by atoms with Gasteiger partial charge in [-0.15, -0.1) is 0 Å². The third-order valence-electron chi connectivity index (χ3n) is 4.64. The van der Waals surface area contributed by atoms with Crippen LogP contribution in [0.1, 0.15) is 35.3 Å². The Morgan fingerprint density at radius 3 is 2.76 bits per heavy atom. The molecule has 1 saturated heterocycles. The van der Waals surface area contributed by atoms with E-state index in [9.17, 15) is 8.42 Å². The van der Waals surface area contributed by atoms with Gasteiger partial charge < -0.3 is 4.42 Å². The van der Waals surface area contributed by atoms with Crippen molar-refractivity contribution in [1.29, 1.82) is 0 Å². The predicted octanol–water partition coefficient (Wildman–Crippen LogP) is 3.17. The molecule has 0 aliphatic carbocycles. The van der Waals surface area contributed by atoms with Gasteiger partial charge in [-0.3, -0.25) is 4.68 Å². The Bertz CT molecular complexity index is 1040. The van der Waals surface area contributed by atoms with E-state index >= 15 is 0 Å². The number of benzene rings is 1. The number of aromatic nitrogens is 3. The number of rotatable bonds is 3. The van der Waals surface area contributed by atoms with E-state index in [0.29, 0.717) is 12.3 Å². The summed E-state index contributed by atoms with van der Waals surface area (Å²) >= 11 is 0. The Labute approximate surface area is 146 Å². The molecule has 3 heterocycles. The van der Waals surface area contributed by atoms with Crippen molar-refractivity contribution < 1.29 is 12.8 Å². The number of aryl methyl sites for hydroxylation is 1. The molecule has 1 aromatic carbocycles. The van der Waals surface area contributed by atoms with Crippen molar-refractivity contribution >= 4 is 33.1 Å². The highest BCUT2D eigenvalue weighted by Gasteiger charge is 2.31. The van der Waals surface area contributed by atoms with Crippen molar-refractivity contribution in [3.63, 3.8) is 0 Å². The lowest BCUT2D eigenvalue weighted by Crippen LogP contribution is -2.13. The fourth-order valence-corrected chi connectivity index (χ4v) is 5.05. The fraction of sp³-hybridized carbons (Fsp3) is 0.333. The first-order valence-electron chi connectivity index (χ1n) is 8.23. The highest BCUT2D eigenvalue weighted by atomic mass is 32.2. The maximum atomic E-state index is 11.7. The number of nitrogens with zero attached hydrogens (tertiary/aromatic N) is 3. The zero-order valence-corrected chi connectivity index (χ0v) is 15.0. The molecule has 1 unspecified atom stereocenters. The highest BCUT2D eigenvalue weighted by Crippen LogP contribution is 2.27. The summed E-state index contributed by atoms with van der Waals surface area (Å²) < 4.78 is 31.0. The minimum Gasteiger partial charge on any atom is -0.437 e. The molecule has 0 radical (unpaired) electrons. The minimum absolute atomic E-state index is 0.0739. The zero-order chi connectivity index (χ0) is 17.6. The van der Waals surface area contributed by atoms with E-state index in [1.807, 2.05) is 54.9 Å².